The lowest BCUT2D eigenvalue weighted by Gasteiger charge is -2.26. The number of benzene rings is 1. The molecule has 1 saturated carbocycles. The molecule has 3 rings (SSSR count). The molecule has 106 valence electrons. The van der Waals surface area contributed by atoms with E-state index in [-0.39, 0.29) is 11.9 Å². The van der Waals surface area contributed by atoms with Gasteiger partial charge in [0, 0.05) is 23.5 Å². The Kier molecular flexibility index (Phi) is 3.87. The highest BCUT2D eigenvalue weighted by atomic mass is 16.1. The van der Waals surface area contributed by atoms with Crippen molar-refractivity contribution in [1.29, 1.82) is 0 Å². The highest BCUT2D eigenvalue weighted by Gasteiger charge is 2.22. The van der Waals surface area contributed by atoms with Crippen molar-refractivity contribution in [2.75, 3.05) is 0 Å². The number of nitrogens with zero attached hydrogens (tertiary/aromatic N) is 1. The topological polar surface area (TPSA) is 42.0 Å². The van der Waals surface area contributed by atoms with Crippen LogP contribution in [0.1, 0.15) is 36.0 Å². The molecule has 1 aromatic carbocycles. The third kappa shape index (κ3) is 2.90. The molecule has 1 amide bonds. The first-order valence-electron chi connectivity index (χ1n) is 7.38. The van der Waals surface area contributed by atoms with Gasteiger partial charge in [-0.3, -0.25) is 9.78 Å². The number of para-hydroxylation sites is 1. The van der Waals surface area contributed by atoms with Crippen molar-refractivity contribution in [1.82, 2.24) is 10.3 Å². The maximum absolute atomic E-state index is 12.5. The first-order valence-corrected chi connectivity index (χ1v) is 7.38. The van der Waals surface area contributed by atoms with Gasteiger partial charge in [-0.15, -0.1) is 12.3 Å². The lowest BCUT2D eigenvalue weighted by atomic mass is 9.86. The molecule has 21 heavy (non-hydrogen) atoms. The van der Waals surface area contributed by atoms with Gasteiger partial charge in [-0.05, 0) is 37.8 Å². The van der Waals surface area contributed by atoms with Gasteiger partial charge in [0.2, 0.25) is 0 Å². The second-order valence-corrected chi connectivity index (χ2v) is 5.56. The first kappa shape index (κ1) is 13.6. The molecule has 1 fully saturated rings. The number of hydrogen-bond donors (Lipinski definition) is 1. The fraction of sp³-hybridized carbons (Fsp3) is 0.333. The Morgan fingerprint density at radius 3 is 2.71 bits per heavy atom. The SMILES string of the molecule is C#CC1CCC(NC(=O)c2ccnc3ccccc23)CC1. The number of fused-ring (bicyclic) bond motifs is 1. The summed E-state index contributed by atoms with van der Waals surface area (Å²) < 4.78 is 0. The zero-order chi connectivity index (χ0) is 14.7. The maximum Gasteiger partial charge on any atom is 0.252 e. The van der Waals surface area contributed by atoms with E-state index in [1.165, 1.54) is 0 Å². The van der Waals surface area contributed by atoms with Gasteiger partial charge >= 0.3 is 0 Å². The summed E-state index contributed by atoms with van der Waals surface area (Å²) in [5.41, 5.74) is 1.54. The molecule has 0 aliphatic heterocycles. The molecular weight excluding hydrogens is 260 g/mol. The summed E-state index contributed by atoms with van der Waals surface area (Å²) in [4.78, 5) is 16.8. The van der Waals surface area contributed by atoms with E-state index in [1.54, 1.807) is 12.3 Å². The van der Waals surface area contributed by atoms with Gasteiger partial charge in [0.05, 0.1) is 11.1 Å². The second kappa shape index (κ2) is 5.97. The lowest BCUT2D eigenvalue weighted by molar-refractivity contribution is 0.0926. The molecule has 0 unspecified atom stereocenters. The summed E-state index contributed by atoms with van der Waals surface area (Å²) in [7, 11) is 0. The van der Waals surface area contributed by atoms with Crippen LogP contribution in [0.25, 0.3) is 10.9 Å². The van der Waals surface area contributed by atoms with Crippen molar-refractivity contribution in [3.05, 3.63) is 42.1 Å². The standard InChI is InChI=1S/C18H18N2O/c1-2-13-7-9-14(10-8-13)20-18(21)16-11-12-19-17-6-4-3-5-15(16)17/h1,3-6,11-14H,7-10H2,(H,20,21). The largest absolute Gasteiger partial charge is 0.349 e. The van der Waals surface area contributed by atoms with Gasteiger partial charge in [0.15, 0.2) is 0 Å². The van der Waals surface area contributed by atoms with Gasteiger partial charge in [0.1, 0.15) is 0 Å². The minimum absolute atomic E-state index is 0.0160. The van der Waals surface area contributed by atoms with Crippen LogP contribution in [-0.2, 0) is 0 Å². The van der Waals surface area contributed by atoms with Crippen LogP contribution in [0.3, 0.4) is 0 Å². The van der Waals surface area contributed by atoms with E-state index >= 15 is 0 Å². The van der Waals surface area contributed by atoms with E-state index in [0.717, 1.165) is 36.6 Å². The maximum atomic E-state index is 12.5. The van der Waals surface area contributed by atoms with Crippen LogP contribution in [0.15, 0.2) is 36.5 Å². The molecule has 3 heteroatoms. The number of amides is 1. The number of carbonyl (C=O) groups excluding carboxylic acids is 1. The number of pyridine rings is 1. The Labute approximate surface area is 124 Å². The van der Waals surface area contributed by atoms with E-state index < -0.39 is 0 Å². The molecule has 1 aromatic heterocycles. The Morgan fingerprint density at radius 1 is 1.19 bits per heavy atom. The molecule has 1 heterocycles. The third-order valence-corrected chi connectivity index (χ3v) is 4.19. The van der Waals surface area contributed by atoms with Crippen LogP contribution in [0.5, 0.6) is 0 Å². The number of hydrogen-bond acceptors (Lipinski definition) is 2. The number of carbonyl (C=O) groups is 1. The average Bonchev–Trinajstić information content (AvgIpc) is 2.55. The Balaban J connectivity index is 1.75. The van der Waals surface area contributed by atoms with Crippen LogP contribution in [0, 0.1) is 18.3 Å². The van der Waals surface area contributed by atoms with Crippen LogP contribution in [0.4, 0.5) is 0 Å². The molecule has 0 spiro atoms. The fourth-order valence-corrected chi connectivity index (χ4v) is 2.96. The number of terminal acetylenes is 1. The molecule has 1 N–H and O–H groups in total. The lowest BCUT2D eigenvalue weighted by Crippen LogP contribution is -2.37. The molecule has 2 aromatic rings. The van der Waals surface area contributed by atoms with Gasteiger partial charge in [-0.1, -0.05) is 18.2 Å². The zero-order valence-electron chi connectivity index (χ0n) is 11.9. The number of rotatable bonds is 2. The Hall–Kier alpha value is -2.34. The van der Waals surface area contributed by atoms with Crippen molar-refractivity contribution in [2.24, 2.45) is 5.92 Å². The molecule has 0 radical (unpaired) electrons. The summed E-state index contributed by atoms with van der Waals surface area (Å²) in [6.45, 7) is 0. The molecule has 0 bridgehead atoms. The summed E-state index contributed by atoms with van der Waals surface area (Å²) in [6.07, 6.45) is 11.1. The number of aromatic nitrogens is 1. The van der Waals surface area contributed by atoms with Crippen molar-refractivity contribution >= 4 is 16.8 Å². The van der Waals surface area contributed by atoms with Crippen molar-refractivity contribution in [3.63, 3.8) is 0 Å². The molecule has 1 aliphatic rings. The minimum atomic E-state index is -0.0160. The molecule has 0 saturated heterocycles. The van der Waals surface area contributed by atoms with E-state index in [9.17, 15) is 4.79 Å². The Morgan fingerprint density at radius 2 is 1.95 bits per heavy atom. The van der Waals surface area contributed by atoms with Crippen LogP contribution < -0.4 is 5.32 Å². The predicted molar refractivity (Wildman–Crippen MR) is 83.8 cm³/mol. The normalized spacial score (nSPS) is 21.7. The predicted octanol–water partition coefficient (Wildman–Crippen LogP) is 3.16. The van der Waals surface area contributed by atoms with E-state index in [0.29, 0.717) is 11.5 Å². The summed E-state index contributed by atoms with van der Waals surface area (Å²) in [5, 5.41) is 4.03. The molecule has 1 aliphatic carbocycles. The quantitative estimate of drug-likeness (QED) is 0.857. The third-order valence-electron chi connectivity index (χ3n) is 4.19. The fourth-order valence-electron chi connectivity index (χ4n) is 2.96. The van der Waals surface area contributed by atoms with E-state index in [2.05, 4.69) is 16.2 Å². The summed E-state index contributed by atoms with van der Waals surface area (Å²) in [6, 6.07) is 9.73. The van der Waals surface area contributed by atoms with Crippen LogP contribution in [-0.4, -0.2) is 16.9 Å². The minimum Gasteiger partial charge on any atom is -0.349 e. The monoisotopic (exact) mass is 278 g/mol. The van der Waals surface area contributed by atoms with E-state index in [4.69, 9.17) is 6.42 Å². The van der Waals surface area contributed by atoms with Gasteiger partial charge in [-0.2, -0.15) is 0 Å². The zero-order valence-corrected chi connectivity index (χ0v) is 11.9. The molecular formula is C18H18N2O. The van der Waals surface area contributed by atoms with Crippen molar-refractivity contribution in [3.8, 4) is 12.3 Å². The van der Waals surface area contributed by atoms with Crippen molar-refractivity contribution < 1.29 is 4.79 Å². The van der Waals surface area contributed by atoms with Crippen LogP contribution >= 0.6 is 0 Å². The molecule has 3 nitrogen and oxygen atoms in total. The molecule has 0 atom stereocenters. The smallest absolute Gasteiger partial charge is 0.252 e. The first-order chi connectivity index (χ1) is 10.3. The second-order valence-electron chi connectivity index (χ2n) is 5.56. The van der Waals surface area contributed by atoms with Gasteiger partial charge in [0.25, 0.3) is 5.91 Å². The van der Waals surface area contributed by atoms with Gasteiger partial charge < -0.3 is 5.32 Å². The summed E-state index contributed by atoms with van der Waals surface area (Å²) in [5.74, 6) is 3.17. The Bertz CT molecular complexity index is 688. The van der Waals surface area contributed by atoms with Gasteiger partial charge in [-0.25, -0.2) is 0 Å². The highest BCUT2D eigenvalue weighted by Crippen LogP contribution is 2.24. The average molecular weight is 278 g/mol. The van der Waals surface area contributed by atoms with Crippen LogP contribution in [0.2, 0.25) is 0 Å². The summed E-state index contributed by atoms with van der Waals surface area (Å²) >= 11 is 0. The number of nitrogens with one attached hydrogen (secondary N) is 1. The van der Waals surface area contributed by atoms with E-state index in [1.807, 2.05) is 24.3 Å². The van der Waals surface area contributed by atoms with Crippen molar-refractivity contribution in [2.45, 2.75) is 31.7 Å². The highest BCUT2D eigenvalue weighted by molar-refractivity contribution is 6.06.